The summed E-state index contributed by atoms with van der Waals surface area (Å²) in [6.45, 7) is 9.19. The summed E-state index contributed by atoms with van der Waals surface area (Å²) in [7, 11) is 0. The lowest BCUT2D eigenvalue weighted by Crippen LogP contribution is -2.55. The van der Waals surface area contributed by atoms with E-state index in [1.54, 1.807) is 0 Å². The van der Waals surface area contributed by atoms with Gasteiger partial charge in [-0.3, -0.25) is 9.88 Å². The van der Waals surface area contributed by atoms with Crippen molar-refractivity contribution in [1.82, 2.24) is 9.88 Å². The van der Waals surface area contributed by atoms with Crippen molar-refractivity contribution in [3.8, 4) is 0 Å². The number of hydrogen-bond donors (Lipinski definition) is 0. The Labute approximate surface area is 144 Å². The van der Waals surface area contributed by atoms with Gasteiger partial charge in [0.25, 0.3) is 0 Å². The largest absolute Gasteiger partial charge is 0.372 e. The van der Waals surface area contributed by atoms with Gasteiger partial charge in [-0.2, -0.15) is 0 Å². The van der Waals surface area contributed by atoms with Gasteiger partial charge >= 0.3 is 0 Å². The number of para-hydroxylation sites is 1. The van der Waals surface area contributed by atoms with Crippen molar-refractivity contribution in [2.24, 2.45) is 11.8 Å². The predicted octanol–water partition coefficient (Wildman–Crippen LogP) is 4.21. The van der Waals surface area contributed by atoms with E-state index in [1.165, 1.54) is 30.3 Å². The lowest BCUT2D eigenvalue weighted by molar-refractivity contribution is -0.0719. The zero-order valence-corrected chi connectivity index (χ0v) is 14.4. The minimum Gasteiger partial charge on any atom is -0.372 e. The number of piperidine rings is 3. The Bertz CT molecular complexity index is 723. The number of pyridine rings is 1. The fourth-order valence-electron chi connectivity index (χ4n) is 4.65. The second kappa shape index (κ2) is 6.66. The monoisotopic (exact) mass is 322 g/mol. The molecule has 1 aromatic heterocycles. The highest BCUT2D eigenvalue weighted by Gasteiger charge is 2.43. The maximum Gasteiger partial charge on any atom is 0.0987 e. The molecule has 2 aromatic rings. The molecule has 0 aliphatic carbocycles. The third kappa shape index (κ3) is 2.66. The molecule has 1 unspecified atom stereocenters. The van der Waals surface area contributed by atoms with E-state index in [2.05, 4.69) is 59.8 Å². The molecule has 3 aliphatic heterocycles. The first kappa shape index (κ1) is 15.8. The van der Waals surface area contributed by atoms with Gasteiger partial charge in [0.2, 0.25) is 0 Å². The average molecular weight is 322 g/mol. The smallest absolute Gasteiger partial charge is 0.0987 e. The van der Waals surface area contributed by atoms with Crippen LogP contribution in [0.3, 0.4) is 0 Å². The highest BCUT2D eigenvalue weighted by molar-refractivity contribution is 5.82. The normalized spacial score (nSPS) is 30.4. The Kier molecular flexibility index (Phi) is 4.38. The molecule has 3 saturated heterocycles. The van der Waals surface area contributed by atoms with E-state index >= 15 is 0 Å². The molecule has 0 N–H and O–H groups in total. The predicted molar refractivity (Wildman–Crippen MR) is 97.9 cm³/mol. The lowest BCUT2D eigenvalue weighted by atomic mass is 9.73. The number of nitrogens with zero attached hydrogens (tertiary/aromatic N) is 2. The third-order valence-corrected chi connectivity index (χ3v) is 5.84. The summed E-state index contributed by atoms with van der Waals surface area (Å²) in [6.07, 6.45) is 6.70. The molecule has 0 saturated carbocycles. The highest BCUT2D eigenvalue weighted by Crippen LogP contribution is 2.43. The molecule has 2 bridgehead atoms. The number of rotatable bonds is 5. The van der Waals surface area contributed by atoms with Gasteiger partial charge in [0, 0.05) is 30.8 Å². The molecule has 5 atom stereocenters. The van der Waals surface area contributed by atoms with E-state index in [0.717, 1.165) is 24.6 Å². The highest BCUT2D eigenvalue weighted by atomic mass is 16.5. The molecular formula is C21H26N2O. The first-order valence-electron chi connectivity index (χ1n) is 9.13. The van der Waals surface area contributed by atoms with Crippen LogP contribution in [0.15, 0.2) is 49.2 Å². The summed E-state index contributed by atoms with van der Waals surface area (Å²) in [4.78, 5) is 7.15. The fraction of sp³-hybridized carbons (Fsp3) is 0.476. The molecule has 3 fully saturated rings. The molecule has 0 amide bonds. The third-order valence-electron chi connectivity index (χ3n) is 5.84. The molecule has 5 rings (SSSR count). The van der Waals surface area contributed by atoms with Crippen LogP contribution < -0.4 is 0 Å². The van der Waals surface area contributed by atoms with Crippen LogP contribution in [0.5, 0.6) is 0 Å². The number of hydrogen-bond acceptors (Lipinski definition) is 3. The Balaban J connectivity index is 1.71. The zero-order chi connectivity index (χ0) is 16.5. The maximum atomic E-state index is 6.30. The standard InChI is InChI=1S/C21H26N2O/c1-3-15-14-23-12-10-16(15)13-20(23)21(24-4-2)18-9-11-22-19-8-6-5-7-17(18)19/h3,5-9,11,15-16,20-21H,1,4,10,12-14H2,2H3/t15-,16-,20-,21+/m0/s1. The summed E-state index contributed by atoms with van der Waals surface area (Å²) in [6, 6.07) is 11.0. The van der Waals surface area contributed by atoms with E-state index in [1.807, 2.05) is 6.20 Å². The molecule has 3 heteroatoms. The van der Waals surface area contributed by atoms with E-state index in [0.29, 0.717) is 12.0 Å². The number of benzene rings is 1. The first-order chi connectivity index (χ1) is 11.8. The number of aromatic nitrogens is 1. The molecule has 3 nitrogen and oxygen atoms in total. The Morgan fingerprint density at radius 1 is 1.38 bits per heavy atom. The summed E-state index contributed by atoms with van der Waals surface area (Å²) in [5.74, 6) is 1.40. The first-order valence-corrected chi connectivity index (χ1v) is 9.13. The van der Waals surface area contributed by atoms with Gasteiger partial charge in [-0.05, 0) is 55.8 Å². The zero-order valence-electron chi connectivity index (χ0n) is 14.4. The van der Waals surface area contributed by atoms with Gasteiger partial charge in [0.05, 0.1) is 11.6 Å². The van der Waals surface area contributed by atoms with Gasteiger partial charge in [0.1, 0.15) is 0 Å². The minimum atomic E-state index is 0.122. The molecule has 3 aliphatic rings. The van der Waals surface area contributed by atoms with Crippen LogP contribution in [0.25, 0.3) is 10.9 Å². The fourth-order valence-corrected chi connectivity index (χ4v) is 4.65. The van der Waals surface area contributed by atoms with Gasteiger partial charge < -0.3 is 4.74 Å². The van der Waals surface area contributed by atoms with Gasteiger partial charge in [-0.15, -0.1) is 6.58 Å². The van der Waals surface area contributed by atoms with Gasteiger partial charge in [0.15, 0.2) is 0 Å². The summed E-state index contributed by atoms with van der Waals surface area (Å²) < 4.78 is 6.30. The van der Waals surface area contributed by atoms with Crippen LogP contribution in [-0.4, -0.2) is 35.6 Å². The van der Waals surface area contributed by atoms with Crippen molar-refractivity contribution < 1.29 is 4.74 Å². The van der Waals surface area contributed by atoms with Crippen LogP contribution in [-0.2, 0) is 4.74 Å². The van der Waals surface area contributed by atoms with Gasteiger partial charge in [-0.25, -0.2) is 0 Å². The van der Waals surface area contributed by atoms with Gasteiger partial charge in [-0.1, -0.05) is 24.3 Å². The average Bonchev–Trinajstić information content (AvgIpc) is 2.66. The second-order valence-electron chi connectivity index (χ2n) is 7.04. The molecule has 126 valence electrons. The summed E-state index contributed by atoms with van der Waals surface area (Å²) in [5.41, 5.74) is 2.34. The van der Waals surface area contributed by atoms with E-state index in [9.17, 15) is 0 Å². The van der Waals surface area contributed by atoms with Crippen LogP contribution >= 0.6 is 0 Å². The van der Waals surface area contributed by atoms with Crippen molar-refractivity contribution in [1.29, 1.82) is 0 Å². The Morgan fingerprint density at radius 3 is 3.00 bits per heavy atom. The quantitative estimate of drug-likeness (QED) is 0.771. The van der Waals surface area contributed by atoms with Crippen LogP contribution in [0.4, 0.5) is 0 Å². The van der Waals surface area contributed by atoms with Crippen molar-refractivity contribution in [3.63, 3.8) is 0 Å². The minimum absolute atomic E-state index is 0.122. The van der Waals surface area contributed by atoms with E-state index < -0.39 is 0 Å². The van der Waals surface area contributed by atoms with Crippen molar-refractivity contribution in [2.75, 3.05) is 19.7 Å². The summed E-state index contributed by atoms with van der Waals surface area (Å²) >= 11 is 0. The van der Waals surface area contributed by atoms with E-state index in [4.69, 9.17) is 4.74 Å². The van der Waals surface area contributed by atoms with Crippen molar-refractivity contribution in [3.05, 3.63) is 54.7 Å². The molecule has 0 radical (unpaired) electrons. The summed E-state index contributed by atoms with van der Waals surface area (Å²) in [5, 5.41) is 1.22. The van der Waals surface area contributed by atoms with E-state index in [-0.39, 0.29) is 6.10 Å². The lowest BCUT2D eigenvalue weighted by Gasteiger charge is -2.51. The second-order valence-corrected chi connectivity index (χ2v) is 7.04. The SMILES string of the molecule is C=C[C@H]1CN2CC[C@H]1C[C@H]2[C@H](OCC)c1ccnc2ccccc12. The van der Waals surface area contributed by atoms with Crippen LogP contribution in [0, 0.1) is 11.8 Å². The topological polar surface area (TPSA) is 25.4 Å². The molecule has 1 aromatic carbocycles. The van der Waals surface area contributed by atoms with Crippen LogP contribution in [0.2, 0.25) is 0 Å². The Hall–Kier alpha value is -1.71. The van der Waals surface area contributed by atoms with Crippen molar-refractivity contribution >= 4 is 10.9 Å². The molecule has 0 spiro atoms. The molecular weight excluding hydrogens is 296 g/mol. The number of ether oxygens (including phenoxy) is 1. The maximum absolute atomic E-state index is 6.30. The van der Waals surface area contributed by atoms with Crippen LogP contribution in [0.1, 0.15) is 31.4 Å². The Morgan fingerprint density at radius 2 is 2.25 bits per heavy atom. The molecule has 24 heavy (non-hydrogen) atoms. The number of fused-ring (bicyclic) bond motifs is 4. The van der Waals surface area contributed by atoms with Crippen molar-refractivity contribution in [2.45, 2.75) is 31.9 Å². The molecule has 4 heterocycles.